The van der Waals surface area contributed by atoms with Crippen molar-refractivity contribution < 1.29 is 9.53 Å². The van der Waals surface area contributed by atoms with Crippen LogP contribution in [0.4, 0.5) is 0 Å². The monoisotopic (exact) mass is 325 g/mol. The average Bonchev–Trinajstić information content (AvgIpc) is 2.85. The van der Waals surface area contributed by atoms with E-state index in [4.69, 9.17) is 4.74 Å². The van der Waals surface area contributed by atoms with Crippen LogP contribution < -0.4 is 10.1 Å². The molecule has 1 aliphatic heterocycles. The van der Waals surface area contributed by atoms with Gasteiger partial charge in [-0.05, 0) is 49.3 Å². The molecule has 24 heavy (non-hydrogen) atoms. The first kappa shape index (κ1) is 15.2. The zero-order valence-electron chi connectivity index (χ0n) is 13.8. The van der Waals surface area contributed by atoms with Gasteiger partial charge in [0.15, 0.2) is 0 Å². The van der Waals surface area contributed by atoms with E-state index in [1.807, 2.05) is 24.3 Å². The second kappa shape index (κ2) is 6.67. The number of nitrogens with zero attached hydrogens (tertiary/aromatic N) is 1. The lowest BCUT2D eigenvalue weighted by molar-refractivity contribution is -0.126. The van der Waals surface area contributed by atoms with E-state index in [-0.39, 0.29) is 11.8 Å². The highest BCUT2D eigenvalue weighted by atomic mass is 16.5. The Labute approximate surface area is 141 Å². The van der Waals surface area contributed by atoms with Crippen LogP contribution >= 0.6 is 0 Å². The zero-order chi connectivity index (χ0) is 16.4. The Morgan fingerprint density at radius 3 is 3.08 bits per heavy atom. The van der Waals surface area contributed by atoms with Crippen LogP contribution in [0.15, 0.2) is 24.3 Å². The fraction of sp³-hybridized carbons (Fsp3) is 0.474. The molecule has 1 aliphatic carbocycles. The Balaban J connectivity index is 1.38. The highest BCUT2D eigenvalue weighted by Crippen LogP contribution is 2.27. The molecule has 0 fully saturated rings. The number of aryl methyl sites for hydroxylation is 1. The third kappa shape index (κ3) is 3.03. The maximum atomic E-state index is 12.5. The van der Waals surface area contributed by atoms with Gasteiger partial charge in [-0.1, -0.05) is 24.6 Å². The quantitative estimate of drug-likeness (QED) is 0.852. The number of carbonyl (C=O) groups is 1. The Bertz CT molecular complexity index is 738. The molecule has 2 aromatic rings. The molecule has 2 heterocycles. The topological polar surface area (TPSA) is 67.0 Å². The summed E-state index contributed by atoms with van der Waals surface area (Å²) in [5.41, 5.74) is 4.68. The van der Waals surface area contributed by atoms with Crippen molar-refractivity contribution in [3.63, 3.8) is 0 Å². The minimum absolute atomic E-state index is 0.0508. The van der Waals surface area contributed by atoms with Gasteiger partial charge in [0.25, 0.3) is 0 Å². The van der Waals surface area contributed by atoms with E-state index < -0.39 is 0 Å². The number of aromatic amines is 1. The molecule has 126 valence electrons. The molecule has 0 saturated heterocycles. The molecule has 0 saturated carbocycles. The van der Waals surface area contributed by atoms with Gasteiger partial charge in [-0.3, -0.25) is 9.89 Å². The van der Waals surface area contributed by atoms with Crippen LogP contribution in [-0.4, -0.2) is 22.7 Å². The number of rotatable bonds is 3. The standard InChI is InChI=1S/C19H23N3O2/c23-19(14-10-13-6-4-5-9-18(13)24-12-14)20-11-17-15-7-2-1-3-8-16(15)21-22-17/h4-6,9,14H,1-3,7-8,10-12H2,(H,20,23)(H,21,22)/t14-/m0/s1. The molecule has 0 unspecified atom stereocenters. The van der Waals surface area contributed by atoms with E-state index in [9.17, 15) is 4.79 Å². The number of fused-ring (bicyclic) bond motifs is 2. The smallest absolute Gasteiger partial charge is 0.227 e. The minimum atomic E-state index is -0.127. The van der Waals surface area contributed by atoms with E-state index in [1.54, 1.807) is 0 Å². The first-order valence-corrected chi connectivity index (χ1v) is 8.84. The molecule has 5 nitrogen and oxygen atoms in total. The number of para-hydroxylation sites is 1. The van der Waals surface area contributed by atoms with Crippen LogP contribution in [0.2, 0.25) is 0 Å². The largest absolute Gasteiger partial charge is 0.492 e. The molecule has 0 radical (unpaired) electrons. The summed E-state index contributed by atoms with van der Waals surface area (Å²) in [4.78, 5) is 12.5. The van der Waals surface area contributed by atoms with Crippen molar-refractivity contribution in [3.8, 4) is 5.75 Å². The Morgan fingerprint density at radius 1 is 1.25 bits per heavy atom. The molecule has 1 aromatic carbocycles. The number of nitrogens with one attached hydrogen (secondary N) is 2. The summed E-state index contributed by atoms with van der Waals surface area (Å²) in [6, 6.07) is 7.94. The van der Waals surface area contributed by atoms with Crippen LogP contribution in [-0.2, 0) is 30.6 Å². The lowest BCUT2D eigenvalue weighted by Gasteiger charge is -2.24. The lowest BCUT2D eigenvalue weighted by atomic mass is 9.96. The maximum Gasteiger partial charge on any atom is 0.227 e. The van der Waals surface area contributed by atoms with Gasteiger partial charge >= 0.3 is 0 Å². The number of hydrogen-bond donors (Lipinski definition) is 2. The third-order valence-corrected chi connectivity index (χ3v) is 5.07. The minimum Gasteiger partial charge on any atom is -0.492 e. The SMILES string of the molecule is O=C(NCc1n[nH]c2c1CCCCC2)[C@@H]1COc2ccccc2C1. The number of carbonyl (C=O) groups excluding carboxylic acids is 1. The molecule has 5 heteroatoms. The molecule has 2 aliphatic rings. The van der Waals surface area contributed by atoms with Crippen LogP contribution in [0.1, 0.15) is 41.8 Å². The van der Waals surface area contributed by atoms with Gasteiger partial charge < -0.3 is 10.1 Å². The van der Waals surface area contributed by atoms with E-state index in [2.05, 4.69) is 15.5 Å². The van der Waals surface area contributed by atoms with E-state index in [0.29, 0.717) is 13.2 Å². The number of ether oxygens (including phenoxy) is 1. The van der Waals surface area contributed by atoms with Gasteiger partial charge in [0.05, 0.1) is 18.2 Å². The summed E-state index contributed by atoms with van der Waals surface area (Å²) >= 11 is 0. The Morgan fingerprint density at radius 2 is 2.12 bits per heavy atom. The average molecular weight is 325 g/mol. The Hall–Kier alpha value is -2.30. The highest BCUT2D eigenvalue weighted by molar-refractivity contribution is 5.79. The second-order valence-corrected chi connectivity index (χ2v) is 6.73. The summed E-state index contributed by atoms with van der Waals surface area (Å²) in [5.74, 6) is 0.825. The lowest BCUT2D eigenvalue weighted by Crippen LogP contribution is -2.37. The van der Waals surface area contributed by atoms with Gasteiger partial charge in [-0.2, -0.15) is 5.10 Å². The van der Waals surface area contributed by atoms with Crippen LogP contribution in [0.3, 0.4) is 0 Å². The van der Waals surface area contributed by atoms with Gasteiger partial charge in [0, 0.05) is 5.69 Å². The van der Waals surface area contributed by atoms with E-state index in [1.165, 1.54) is 30.5 Å². The van der Waals surface area contributed by atoms with Gasteiger partial charge in [-0.15, -0.1) is 0 Å². The highest BCUT2D eigenvalue weighted by Gasteiger charge is 2.26. The van der Waals surface area contributed by atoms with Crippen molar-refractivity contribution in [2.24, 2.45) is 5.92 Å². The molecule has 0 spiro atoms. The molecule has 1 atom stereocenters. The van der Waals surface area contributed by atoms with Crippen molar-refractivity contribution in [3.05, 3.63) is 46.8 Å². The van der Waals surface area contributed by atoms with Crippen molar-refractivity contribution in [1.82, 2.24) is 15.5 Å². The number of hydrogen-bond acceptors (Lipinski definition) is 3. The summed E-state index contributed by atoms with van der Waals surface area (Å²) in [6.07, 6.45) is 6.58. The third-order valence-electron chi connectivity index (χ3n) is 5.07. The normalized spacial score (nSPS) is 19.6. The van der Waals surface area contributed by atoms with Crippen molar-refractivity contribution in [2.75, 3.05) is 6.61 Å². The fourth-order valence-electron chi connectivity index (χ4n) is 3.68. The predicted molar refractivity (Wildman–Crippen MR) is 90.8 cm³/mol. The van der Waals surface area contributed by atoms with E-state index in [0.717, 1.165) is 36.3 Å². The van der Waals surface area contributed by atoms with Crippen LogP contribution in [0.5, 0.6) is 5.75 Å². The maximum absolute atomic E-state index is 12.5. The van der Waals surface area contributed by atoms with Crippen LogP contribution in [0, 0.1) is 5.92 Å². The predicted octanol–water partition coefficient (Wildman–Crippen LogP) is 2.55. The fourth-order valence-corrected chi connectivity index (χ4v) is 3.68. The molecule has 4 rings (SSSR count). The number of benzene rings is 1. The molecule has 1 amide bonds. The van der Waals surface area contributed by atoms with Crippen molar-refractivity contribution >= 4 is 5.91 Å². The van der Waals surface area contributed by atoms with Gasteiger partial charge in [0.2, 0.25) is 5.91 Å². The first-order chi connectivity index (χ1) is 11.8. The molecule has 1 aromatic heterocycles. The van der Waals surface area contributed by atoms with Crippen molar-refractivity contribution in [1.29, 1.82) is 0 Å². The summed E-state index contributed by atoms with van der Waals surface area (Å²) < 4.78 is 5.72. The Kier molecular flexibility index (Phi) is 4.24. The first-order valence-electron chi connectivity index (χ1n) is 8.84. The number of amides is 1. The molecular formula is C19H23N3O2. The van der Waals surface area contributed by atoms with Crippen LogP contribution in [0.25, 0.3) is 0 Å². The summed E-state index contributed by atoms with van der Waals surface area (Å²) in [6.45, 7) is 0.949. The van der Waals surface area contributed by atoms with Gasteiger partial charge in [-0.25, -0.2) is 0 Å². The molecule has 0 bridgehead atoms. The van der Waals surface area contributed by atoms with E-state index >= 15 is 0 Å². The summed E-state index contributed by atoms with van der Waals surface area (Å²) in [5, 5.41) is 10.6. The number of aromatic nitrogens is 2. The number of H-pyrrole nitrogens is 1. The van der Waals surface area contributed by atoms with Crippen molar-refractivity contribution in [2.45, 2.75) is 45.1 Å². The zero-order valence-corrected chi connectivity index (χ0v) is 13.8. The second-order valence-electron chi connectivity index (χ2n) is 6.73. The molecular weight excluding hydrogens is 302 g/mol. The molecule has 2 N–H and O–H groups in total. The van der Waals surface area contributed by atoms with Gasteiger partial charge in [0.1, 0.15) is 12.4 Å². The summed E-state index contributed by atoms with van der Waals surface area (Å²) in [7, 11) is 0.